The first kappa shape index (κ1) is 26.1. The predicted octanol–water partition coefficient (Wildman–Crippen LogP) is 10.8. The monoisotopic (exact) mass is 600 g/mol. The Morgan fingerprint density at radius 1 is 0.447 bits per heavy atom. The van der Waals surface area contributed by atoms with Gasteiger partial charge in [-0.05, 0) is 69.8 Å². The van der Waals surface area contributed by atoms with Gasteiger partial charge >= 0.3 is 0 Å². The molecule has 1 aliphatic heterocycles. The fourth-order valence-electron chi connectivity index (χ4n) is 7.91. The number of hydrogen-bond acceptors (Lipinski definition) is 2. The van der Waals surface area contributed by atoms with Crippen LogP contribution in [0.5, 0.6) is 11.5 Å². The smallest absolute Gasteiger partial charge is 0.145 e. The first-order chi connectivity index (χ1) is 23.3. The van der Waals surface area contributed by atoms with Crippen molar-refractivity contribution in [1.82, 2.24) is 9.55 Å². The van der Waals surface area contributed by atoms with Gasteiger partial charge in [-0.3, -0.25) is 4.57 Å². The highest BCUT2D eigenvalue weighted by Gasteiger charge is 2.50. The second kappa shape index (κ2) is 9.90. The van der Waals surface area contributed by atoms with Gasteiger partial charge in [0.1, 0.15) is 17.3 Å². The fraction of sp³-hybridized carbons (Fsp3) is 0.0227. The van der Waals surface area contributed by atoms with E-state index in [0.717, 1.165) is 50.7 Å². The highest BCUT2D eigenvalue weighted by molar-refractivity contribution is 5.89. The minimum absolute atomic E-state index is 0.448. The van der Waals surface area contributed by atoms with E-state index < -0.39 is 5.41 Å². The molecule has 7 aromatic carbocycles. The number of hydrogen-bond donors (Lipinski definition) is 0. The van der Waals surface area contributed by atoms with Gasteiger partial charge in [-0.2, -0.15) is 0 Å². The molecule has 10 rings (SSSR count). The molecule has 0 radical (unpaired) electrons. The lowest BCUT2D eigenvalue weighted by molar-refractivity contribution is 0.436. The summed E-state index contributed by atoms with van der Waals surface area (Å²) < 4.78 is 8.98. The van der Waals surface area contributed by atoms with E-state index in [4.69, 9.17) is 9.72 Å². The first-order valence-corrected chi connectivity index (χ1v) is 16.1. The van der Waals surface area contributed by atoms with E-state index in [0.29, 0.717) is 0 Å². The number of aromatic nitrogens is 2. The topological polar surface area (TPSA) is 27.1 Å². The van der Waals surface area contributed by atoms with Crippen molar-refractivity contribution >= 4 is 11.0 Å². The molecule has 0 N–H and O–H groups in total. The highest BCUT2D eigenvalue weighted by Crippen LogP contribution is 2.62. The molecule has 1 aliphatic carbocycles. The second-order valence-electron chi connectivity index (χ2n) is 12.3. The molecule has 2 aliphatic rings. The summed E-state index contributed by atoms with van der Waals surface area (Å²) >= 11 is 0. The maximum atomic E-state index is 6.73. The maximum absolute atomic E-state index is 6.73. The van der Waals surface area contributed by atoms with E-state index in [1.54, 1.807) is 0 Å². The molecule has 0 atom stereocenters. The number of ether oxygens (including phenoxy) is 1. The first-order valence-electron chi connectivity index (χ1n) is 16.1. The van der Waals surface area contributed by atoms with Gasteiger partial charge < -0.3 is 4.74 Å². The average Bonchev–Trinajstić information content (AvgIpc) is 3.67. The molecule has 0 saturated heterocycles. The highest BCUT2D eigenvalue weighted by atomic mass is 16.5. The van der Waals surface area contributed by atoms with Crippen LogP contribution in [0.3, 0.4) is 0 Å². The van der Waals surface area contributed by atoms with Gasteiger partial charge in [0.05, 0.1) is 16.4 Å². The van der Waals surface area contributed by atoms with Crippen molar-refractivity contribution in [1.29, 1.82) is 0 Å². The molecular weight excluding hydrogens is 572 g/mol. The summed E-state index contributed by atoms with van der Waals surface area (Å²) in [7, 11) is 0. The van der Waals surface area contributed by atoms with E-state index in [1.165, 1.54) is 33.4 Å². The molecule has 0 unspecified atom stereocenters. The average molecular weight is 601 g/mol. The van der Waals surface area contributed by atoms with Crippen LogP contribution in [0.1, 0.15) is 22.3 Å². The third kappa shape index (κ3) is 3.65. The van der Waals surface area contributed by atoms with Crippen molar-refractivity contribution in [3.8, 4) is 50.8 Å². The Labute approximate surface area is 273 Å². The Hall–Kier alpha value is -6.19. The van der Waals surface area contributed by atoms with Crippen molar-refractivity contribution in [2.24, 2.45) is 0 Å². The van der Waals surface area contributed by atoms with Crippen molar-refractivity contribution in [2.45, 2.75) is 5.41 Å². The molecule has 8 aromatic rings. The lowest BCUT2D eigenvalue weighted by Crippen LogP contribution is -2.32. The summed E-state index contributed by atoms with van der Waals surface area (Å²) in [5.74, 6) is 2.72. The molecule has 220 valence electrons. The van der Waals surface area contributed by atoms with Crippen molar-refractivity contribution in [3.63, 3.8) is 0 Å². The van der Waals surface area contributed by atoms with Crippen LogP contribution in [0.2, 0.25) is 0 Å². The molecule has 1 spiro atoms. The van der Waals surface area contributed by atoms with Crippen LogP contribution >= 0.6 is 0 Å². The molecule has 0 bridgehead atoms. The summed E-state index contributed by atoms with van der Waals surface area (Å²) in [4.78, 5) is 5.06. The number of rotatable bonds is 3. The van der Waals surface area contributed by atoms with Crippen LogP contribution in [0.4, 0.5) is 0 Å². The van der Waals surface area contributed by atoms with E-state index in [9.17, 15) is 0 Å². The van der Waals surface area contributed by atoms with Crippen molar-refractivity contribution < 1.29 is 4.74 Å². The summed E-state index contributed by atoms with van der Waals surface area (Å²) in [5, 5.41) is 0. The van der Waals surface area contributed by atoms with Crippen LogP contribution in [0, 0.1) is 0 Å². The van der Waals surface area contributed by atoms with Gasteiger partial charge in [0.2, 0.25) is 0 Å². The van der Waals surface area contributed by atoms with Crippen LogP contribution < -0.4 is 4.74 Å². The molecule has 1 aromatic heterocycles. The number of para-hydroxylation sites is 4. The number of benzene rings is 7. The Morgan fingerprint density at radius 2 is 1.02 bits per heavy atom. The molecule has 0 saturated carbocycles. The molecule has 47 heavy (non-hydrogen) atoms. The third-order valence-corrected chi connectivity index (χ3v) is 9.90. The molecule has 0 amide bonds. The zero-order valence-electron chi connectivity index (χ0n) is 25.5. The standard InChI is InChI=1S/C44H28N2O/c1-2-12-32(13-3-1)46-40-20-10-9-19-39(40)45-43(46)30-24-22-29(23-25-30)31-26-27-38-42(28-31)47-41-21-11-8-18-37(41)44(38)35-16-6-4-14-33(35)34-15-5-7-17-36(34)44/h1-28H. The maximum Gasteiger partial charge on any atom is 0.145 e. The van der Waals surface area contributed by atoms with Gasteiger partial charge in [-0.25, -0.2) is 4.98 Å². The lowest BCUT2D eigenvalue weighted by atomic mass is 9.66. The predicted molar refractivity (Wildman–Crippen MR) is 189 cm³/mol. The van der Waals surface area contributed by atoms with Crippen molar-refractivity contribution in [2.75, 3.05) is 0 Å². The number of nitrogens with zero attached hydrogens (tertiary/aromatic N) is 2. The van der Waals surface area contributed by atoms with Gasteiger partial charge in [-0.1, -0.05) is 133 Å². The lowest BCUT2D eigenvalue weighted by Gasteiger charge is -2.39. The van der Waals surface area contributed by atoms with E-state index >= 15 is 0 Å². The zero-order valence-corrected chi connectivity index (χ0v) is 25.5. The molecule has 0 fully saturated rings. The van der Waals surface area contributed by atoms with Crippen molar-refractivity contribution in [3.05, 3.63) is 192 Å². The fourth-order valence-corrected chi connectivity index (χ4v) is 7.91. The molecular formula is C44H28N2O. The Morgan fingerprint density at radius 3 is 1.79 bits per heavy atom. The minimum Gasteiger partial charge on any atom is -0.457 e. The van der Waals surface area contributed by atoms with Gasteiger partial charge in [-0.15, -0.1) is 0 Å². The summed E-state index contributed by atoms with van der Waals surface area (Å²) in [5.41, 5.74) is 13.5. The van der Waals surface area contributed by atoms with Crippen LogP contribution in [-0.4, -0.2) is 9.55 Å². The normalized spacial score (nSPS) is 13.4. The largest absolute Gasteiger partial charge is 0.457 e. The SMILES string of the molecule is c1ccc(-n2c(-c3ccc(-c4ccc5c(c4)Oc4ccccc4C54c5ccccc5-c5ccccc54)cc3)nc3ccccc32)cc1. The number of fused-ring (bicyclic) bond motifs is 10. The van der Waals surface area contributed by atoms with Gasteiger partial charge in [0.25, 0.3) is 0 Å². The van der Waals surface area contributed by atoms with E-state index in [-0.39, 0.29) is 0 Å². The molecule has 2 heterocycles. The quantitative estimate of drug-likeness (QED) is 0.202. The Bertz CT molecular complexity index is 2450. The van der Waals surface area contributed by atoms with Crippen LogP contribution in [-0.2, 0) is 5.41 Å². The molecule has 3 heteroatoms. The number of imidazole rings is 1. The second-order valence-corrected chi connectivity index (χ2v) is 12.3. The van der Waals surface area contributed by atoms with Gasteiger partial charge in [0, 0.05) is 22.4 Å². The zero-order chi connectivity index (χ0) is 31.0. The Kier molecular flexibility index (Phi) is 5.49. The van der Waals surface area contributed by atoms with Gasteiger partial charge in [0.15, 0.2) is 0 Å². The Balaban J connectivity index is 1.11. The summed E-state index contributed by atoms with van der Waals surface area (Å²) in [6.07, 6.45) is 0. The third-order valence-electron chi connectivity index (χ3n) is 9.90. The summed E-state index contributed by atoms with van der Waals surface area (Å²) in [6.45, 7) is 0. The van der Waals surface area contributed by atoms with Crippen LogP contribution in [0.25, 0.3) is 50.4 Å². The minimum atomic E-state index is -0.448. The van der Waals surface area contributed by atoms with E-state index in [2.05, 4.69) is 162 Å². The summed E-state index contributed by atoms with van der Waals surface area (Å²) in [6, 6.07) is 60.4. The molecule has 3 nitrogen and oxygen atoms in total. The van der Waals surface area contributed by atoms with E-state index in [1.807, 2.05) is 12.1 Å². The van der Waals surface area contributed by atoms with Crippen LogP contribution in [0.15, 0.2) is 170 Å².